The number of pyridine rings is 1. The summed E-state index contributed by atoms with van der Waals surface area (Å²) >= 11 is 0. The lowest BCUT2D eigenvalue weighted by atomic mass is 10.2. The minimum absolute atomic E-state index is 0.0822. The molecule has 0 saturated carbocycles. The second-order valence-electron chi connectivity index (χ2n) is 5.11. The van der Waals surface area contributed by atoms with Gasteiger partial charge in [0.05, 0.1) is 6.10 Å². The van der Waals surface area contributed by atoms with E-state index < -0.39 is 5.97 Å². The third kappa shape index (κ3) is 5.07. The minimum Gasteiger partial charge on any atom is -0.458 e. The van der Waals surface area contributed by atoms with Crippen molar-refractivity contribution in [2.24, 2.45) is 0 Å². The van der Waals surface area contributed by atoms with E-state index in [0.717, 1.165) is 5.56 Å². The highest BCUT2D eigenvalue weighted by Gasteiger charge is 2.16. The maximum absolute atomic E-state index is 12.3. The van der Waals surface area contributed by atoms with E-state index in [4.69, 9.17) is 4.74 Å². The van der Waals surface area contributed by atoms with Gasteiger partial charge in [0, 0.05) is 18.0 Å². The fourth-order valence-electron chi connectivity index (χ4n) is 1.83. The average molecular weight is 310 g/mol. The van der Waals surface area contributed by atoms with E-state index in [1.807, 2.05) is 6.07 Å². The van der Waals surface area contributed by atoms with Crippen LogP contribution >= 0.6 is 0 Å². The van der Waals surface area contributed by atoms with Gasteiger partial charge < -0.3 is 10.1 Å². The van der Waals surface area contributed by atoms with Gasteiger partial charge in [-0.1, -0.05) is 18.2 Å². The molecule has 1 aromatic carbocycles. The molecule has 1 aromatic heterocycles. The number of carbonyl (C=O) groups is 2. The number of hydrogen-bond acceptors (Lipinski definition) is 4. The van der Waals surface area contributed by atoms with Crippen molar-refractivity contribution < 1.29 is 14.3 Å². The Morgan fingerprint density at radius 3 is 2.35 bits per heavy atom. The fraction of sp³-hybridized carbons (Fsp3) is 0.167. The van der Waals surface area contributed by atoms with Crippen LogP contribution in [0.25, 0.3) is 6.08 Å². The molecule has 0 aliphatic heterocycles. The van der Waals surface area contributed by atoms with Crippen LogP contribution in [0.15, 0.2) is 60.6 Å². The molecule has 23 heavy (non-hydrogen) atoms. The Balaban J connectivity index is 2.25. The van der Waals surface area contributed by atoms with Crippen molar-refractivity contribution in [3.05, 3.63) is 71.7 Å². The van der Waals surface area contributed by atoms with Crippen LogP contribution in [0.2, 0.25) is 0 Å². The Bertz CT molecular complexity index is 695. The lowest BCUT2D eigenvalue weighted by molar-refractivity contribution is -0.142. The van der Waals surface area contributed by atoms with Gasteiger partial charge in [-0.2, -0.15) is 0 Å². The molecule has 1 amide bonds. The van der Waals surface area contributed by atoms with Gasteiger partial charge in [-0.3, -0.25) is 9.78 Å². The number of rotatable bonds is 5. The fourth-order valence-corrected chi connectivity index (χ4v) is 1.83. The standard InChI is InChI=1S/C18H18N2O3/c1-13(2)23-18(22)16(12-14-8-10-19-11-9-14)20-17(21)15-6-4-3-5-7-15/h3-13H,1-2H3,(H,20,21)/b16-12-. The number of nitrogens with zero attached hydrogens (tertiary/aromatic N) is 1. The van der Waals surface area contributed by atoms with Crippen LogP contribution in [0.5, 0.6) is 0 Å². The second kappa shape index (κ2) is 7.89. The van der Waals surface area contributed by atoms with Crippen molar-refractivity contribution in [1.82, 2.24) is 10.3 Å². The predicted octanol–water partition coefficient (Wildman–Crippen LogP) is 2.80. The van der Waals surface area contributed by atoms with Gasteiger partial charge in [0.25, 0.3) is 5.91 Å². The summed E-state index contributed by atoms with van der Waals surface area (Å²) in [6.07, 6.45) is 4.50. The first-order chi connectivity index (χ1) is 11.1. The largest absolute Gasteiger partial charge is 0.458 e. The van der Waals surface area contributed by atoms with Crippen molar-refractivity contribution in [3.8, 4) is 0 Å². The summed E-state index contributed by atoms with van der Waals surface area (Å²) in [4.78, 5) is 28.4. The number of carbonyl (C=O) groups excluding carboxylic acids is 2. The molecule has 2 rings (SSSR count). The molecule has 0 aliphatic carbocycles. The van der Waals surface area contributed by atoms with Crippen LogP contribution in [-0.2, 0) is 9.53 Å². The van der Waals surface area contributed by atoms with Crippen LogP contribution in [0.1, 0.15) is 29.8 Å². The Kier molecular flexibility index (Phi) is 5.63. The molecule has 0 radical (unpaired) electrons. The predicted molar refractivity (Wildman–Crippen MR) is 87.4 cm³/mol. The van der Waals surface area contributed by atoms with Gasteiger partial charge in [0.15, 0.2) is 0 Å². The number of benzene rings is 1. The normalized spacial score (nSPS) is 11.2. The van der Waals surface area contributed by atoms with Gasteiger partial charge >= 0.3 is 5.97 Å². The number of amides is 1. The maximum atomic E-state index is 12.3. The molecule has 1 heterocycles. The zero-order valence-electron chi connectivity index (χ0n) is 13.0. The SMILES string of the molecule is CC(C)OC(=O)/C(=C/c1ccncc1)NC(=O)c1ccccc1. The summed E-state index contributed by atoms with van der Waals surface area (Å²) < 4.78 is 5.18. The topological polar surface area (TPSA) is 68.3 Å². The number of ether oxygens (including phenoxy) is 1. The highest BCUT2D eigenvalue weighted by molar-refractivity contribution is 6.03. The molecule has 2 aromatic rings. The van der Waals surface area contributed by atoms with Crippen molar-refractivity contribution >= 4 is 18.0 Å². The third-order valence-corrected chi connectivity index (χ3v) is 2.86. The summed E-state index contributed by atoms with van der Waals surface area (Å²) in [5.74, 6) is -0.951. The van der Waals surface area contributed by atoms with E-state index in [0.29, 0.717) is 5.56 Å². The Morgan fingerprint density at radius 2 is 1.74 bits per heavy atom. The highest BCUT2D eigenvalue weighted by Crippen LogP contribution is 2.08. The quantitative estimate of drug-likeness (QED) is 0.681. The van der Waals surface area contributed by atoms with E-state index in [2.05, 4.69) is 10.3 Å². The molecular weight excluding hydrogens is 292 g/mol. The Hall–Kier alpha value is -2.95. The maximum Gasteiger partial charge on any atom is 0.355 e. The monoisotopic (exact) mass is 310 g/mol. The number of esters is 1. The molecule has 5 heteroatoms. The van der Waals surface area contributed by atoms with Gasteiger partial charge in [-0.05, 0) is 49.8 Å². The molecule has 0 fully saturated rings. The van der Waals surface area contributed by atoms with Crippen LogP contribution < -0.4 is 5.32 Å². The van der Waals surface area contributed by atoms with Crippen LogP contribution in [0.4, 0.5) is 0 Å². The molecule has 5 nitrogen and oxygen atoms in total. The molecule has 0 bridgehead atoms. The summed E-state index contributed by atoms with van der Waals surface area (Å²) in [5.41, 5.74) is 1.29. The number of hydrogen-bond donors (Lipinski definition) is 1. The second-order valence-corrected chi connectivity index (χ2v) is 5.11. The van der Waals surface area contributed by atoms with Crippen molar-refractivity contribution in [2.45, 2.75) is 20.0 Å². The highest BCUT2D eigenvalue weighted by atomic mass is 16.5. The van der Waals surface area contributed by atoms with Crippen molar-refractivity contribution in [3.63, 3.8) is 0 Å². The zero-order chi connectivity index (χ0) is 16.7. The Morgan fingerprint density at radius 1 is 1.09 bits per heavy atom. The minimum atomic E-state index is -0.582. The molecule has 0 atom stereocenters. The van der Waals surface area contributed by atoms with Gasteiger partial charge in [-0.15, -0.1) is 0 Å². The first-order valence-corrected chi connectivity index (χ1v) is 7.25. The smallest absolute Gasteiger partial charge is 0.355 e. The van der Waals surface area contributed by atoms with Crippen LogP contribution in [0, 0.1) is 0 Å². The van der Waals surface area contributed by atoms with Gasteiger partial charge in [0.1, 0.15) is 5.70 Å². The van der Waals surface area contributed by atoms with Crippen LogP contribution in [0.3, 0.4) is 0 Å². The zero-order valence-corrected chi connectivity index (χ0v) is 13.0. The summed E-state index contributed by atoms with van der Waals surface area (Å²) in [7, 11) is 0. The summed E-state index contributed by atoms with van der Waals surface area (Å²) in [6.45, 7) is 3.50. The number of aromatic nitrogens is 1. The van der Waals surface area contributed by atoms with E-state index in [-0.39, 0.29) is 17.7 Å². The van der Waals surface area contributed by atoms with Gasteiger partial charge in [0.2, 0.25) is 0 Å². The third-order valence-electron chi connectivity index (χ3n) is 2.86. The molecule has 0 saturated heterocycles. The lowest BCUT2D eigenvalue weighted by Crippen LogP contribution is -2.29. The van der Waals surface area contributed by atoms with E-state index >= 15 is 0 Å². The molecule has 0 spiro atoms. The van der Waals surface area contributed by atoms with Crippen LogP contribution in [-0.4, -0.2) is 23.0 Å². The van der Waals surface area contributed by atoms with Crippen molar-refractivity contribution in [2.75, 3.05) is 0 Å². The van der Waals surface area contributed by atoms with E-state index in [9.17, 15) is 9.59 Å². The van der Waals surface area contributed by atoms with E-state index in [1.54, 1.807) is 68.7 Å². The molecule has 0 aliphatic rings. The van der Waals surface area contributed by atoms with Crippen molar-refractivity contribution in [1.29, 1.82) is 0 Å². The molecule has 0 unspecified atom stereocenters. The van der Waals surface area contributed by atoms with E-state index in [1.165, 1.54) is 0 Å². The van der Waals surface area contributed by atoms with Gasteiger partial charge in [-0.25, -0.2) is 4.79 Å². The summed E-state index contributed by atoms with van der Waals surface area (Å²) in [6, 6.07) is 12.1. The number of nitrogens with one attached hydrogen (secondary N) is 1. The molecular formula is C18H18N2O3. The first-order valence-electron chi connectivity index (χ1n) is 7.25. The lowest BCUT2D eigenvalue weighted by Gasteiger charge is -2.12. The average Bonchev–Trinajstić information content (AvgIpc) is 2.55. The summed E-state index contributed by atoms with van der Waals surface area (Å²) in [5, 5.41) is 2.61. The molecule has 118 valence electrons. The molecule has 1 N–H and O–H groups in total. The Labute approximate surface area is 135 Å². The first kappa shape index (κ1) is 16.4.